The zero-order chi connectivity index (χ0) is 11.5. The molecule has 7 heteroatoms. The van der Waals surface area contributed by atoms with Crippen LogP contribution in [0.2, 0.25) is 0 Å². The second-order valence-corrected chi connectivity index (χ2v) is 3.41. The summed E-state index contributed by atoms with van der Waals surface area (Å²) in [6, 6.07) is 0.157. The van der Waals surface area contributed by atoms with Crippen LogP contribution in [0, 0.1) is 0 Å². The number of alkyl halides is 4. The summed E-state index contributed by atoms with van der Waals surface area (Å²) >= 11 is 0. The molecule has 1 rings (SSSR count). The first-order valence-corrected chi connectivity index (χ1v) is 4.47. The number of nitrogens with zero attached hydrogens (tertiary/aromatic N) is 1. The van der Waals surface area contributed by atoms with Gasteiger partial charge < -0.3 is 10.5 Å². The molecule has 0 aromatic carbocycles. The van der Waals surface area contributed by atoms with Gasteiger partial charge in [0.1, 0.15) is 19.0 Å². The van der Waals surface area contributed by atoms with E-state index in [1.54, 1.807) is 0 Å². The van der Waals surface area contributed by atoms with Crippen molar-refractivity contribution in [3.05, 3.63) is 0 Å². The van der Waals surface area contributed by atoms with Gasteiger partial charge in [0, 0.05) is 0 Å². The number of rotatable bonds is 6. The fourth-order valence-electron chi connectivity index (χ4n) is 0.830. The Morgan fingerprint density at radius 2 is 2.07 bits per heavy atom. The summed E-state index contributed by atoms with van der Waals surface area (Å²) in [5.41, 5.74) is 5.31. The lowest BCUT2D eigenvalue weighted by Gasteiger charge is -2.14. The summed E-state index contributed by atoms with van der Waals surface area (Å²) in [6.07, 6.45) is -1.87. The molecule has 0 spiro atoms. The molecule has 0 radical (unpaired) electrons. The highest BCUT2D eigenvalue weighted by Crippen LogP contribution is 2.24. The lowest BCUT2D eigenvalue weighted by Crippen LogP contribution is -2.34. The molecule has 15 heavy (non-hydrogen) atoms. The number of halogens is 4. The Labute approximate surface area is 84.3 Å². The van der Waals surface area contributed by atoms with Crippen molar-refractivity contribution in [3.63, 3.8) is 0 Å². The summed E-state index contributed by atoms with van der Waals surface area (Å²) in [6.45, 7) is -1.68. The molecule has 0 aromatic rings. The molecule has 0 unspecified atom stereocenters. The van der Waals surface area contributed by atoms with E-state index in [1.807, 2.05) is 0 Å². The van der Waals surface area contributed by atoms with Crippen LogP contribution in [-0.2, 0) is 4.74 Å². The lowest BCUT2D eigenvalue weighted by molar-refractivity contribution is -0.162. The van der Waals surface area contributed by atoms with E-state index in [4.69, 9.17) is 5.73 Å². The standard InChI is InChI=1S/C8H12F4N2O/c9-7(10)8(11,12)4-15-3-6(13)14-5-1-2-5/h5,7H,1-4H2,(H2,13,14). The minimum atomic E-state index is -4.13. The van der Waals surface area contributed by atoms with Crippen LogP contribution < -0.4 is 5.73 Å². The van der Waals surface area contributed by atoms with Crippen LogP contribution in [0.1, 0.15) is 12.8 Å². The minimum absolute atomic E-state index is 0.0718. The smallest absolute Gasteiger partial charge is 0.330 e. The van der Waals surface area contributed by atoms with Crippen LogP contribution in [0.5, 0.6) is 0 Å². The topological polar surface area (TPSA) is 47.6 Å². The molecular formula is C8H12F4N2O. The molecule has 0 aliphatic heterocycles. The van der Waals surface area contributed by atoms with Crippen molar-refractivity contribution in [2.45, 2.75) is 31.2 Å². The molecule has 88 valence electrons. The van der Waals surface area contributed by atoms with Gasteiger partial charge in [-0.15, -0.1) is 0 Å². The number of ether oxygens (including phenoxy) is 1. The van der Waals surface area contributed by atoms with Gasteiger partial charge in [-0.2, -0.15) is 8.78 Å². The SMILES string of the molecule is NC(COCC(F)(F)C(F)F)=NC1CC1. The summed E-state index contributed by atoms with van der Waals surface area (Å²) < 4.78 is 52.3. The van der Waals surface area contributed by atoms with Gasteiger partial charge in [-0.1, -0.05) is 0 Å². The molecule has 0 bridgehead atoms. The maximum atomic E-state index is 12.3. The van der Waals surface area contributed by atoms with Crippen molar-refractivity contribution in [1.29, 1.82) is 0 Å². The number of hydrogen-bond acceptors (Lipinski definition) is 2. The molecule has 2 N–H and O–H groups in total. The number of amidine groups is 1. The van der Waals surface area contributed by atoms with E-state index in [0.717, 1.165) is 12.8 Å². The van der Waals surface area contributed by atoms with Gasteiger partial charge >= 0.3 is 12.3 Å². The van der Waals surface area contributed by atoms with Crippen molar-refractivity contribution in [1.82, 2.24) is 0 Å². The predicted molar refractivity (Wildman–Crippen MR) is 46.4 cm³/mol. The van der Waals surface area contributed by atoms with Crippen LogP contribution in [-0.4, -0.2) is 37.4 Å². The quantitative estimate of drug-likeness (QED) is 0.424. The maximum absolute atomic E-state index is 12.3. The Hall–Kier alpha value is -0.850. The number of hydrogen-bond donors (Lipinski definition) is 1. The summed E-state index contributed by atoms with van der Waals surface area (Å²) in [7, 11) is 0. The predicted octanol–water partition coefficient (Wildman–Crippen LogP) is 1.42. The van der Waals surface area contributed by atoms with Gasteiger partial charge in [0.15, 0.2) is 0 Å². The molecule has 1 aliphatic carbocycles. The zero-order valence-corrected chi connectivity index (χ0v) is 7.93. The van der Waals surface area contributed by atoms with E-state index in [1.165, 1.54) is 0 Å². The molecule has 1 aliphatic rings. The first-order valence-electron chi connectivity index (χ1n) is 4.47. The summed E-state index contributed by atoms with van der Waals surface area (Å²) in [5.74, 6) is -4.05. The van der Waals surface area contributed by atoms with Crippen molar-refractivity contribution >= 4 is 5.84 Å². The second-order valence-electron chi connectivity index (χ2n) is 3.41. The summed E-state index contributed by atoms with van der Waals surface area (Å²) in [5, 5.41) is 0. The van der Waals surface area contributed by atoms with E-state index in [9.17, 15) is 17.6 Å². The van der Waals surface area contributed by atoms with Crippen molar-refractivity contribution in [2.24, 2.45) is 10.7 Å². The van der Waals surface area contributed by atoms with Gasteiger partial charge in [-0.25, -0.2) is 8.78 Å². The first kappa shape index (κ1) is 12.2. The number of nitrogens with two attached hydrogens (primary N) is 1. The second kappa shape index (κ2) is 4.78. The first-order chi connectivity index (χ1) is 6.92. The van der Waals surface area contributed by atoms with Crippen molar-refractivity contribution in [3.8, 4) is 0 Å². The van der Waals surface area contributed by atoms with Crippen LogP contribution >= 0.6 is 0 Å². The largest absolute Gasteiger partial charge is 0.386 e. The minimum Gasteiger partial charge on any atom is -0.386 e. The fourth-order valence-corrected chi connectivity index (χ4v) is 0.830. The third-order valence-corrected chi connectivity index (χ3v) is 1.76. The molecule has 0 heterocycles. The maximum Gasteiger partial charge on any atom is 0.330 e. The van der Waals surface area contributed by atoms with E-state index >= 15 is 0 Å². The molecular weight excluding hydrogens is 216 g/mol. The third kappa shape index (κ3) is 4.46. The molecule has 0 atom stereocenters. The van der Waals surface area contributed by atoms with Gasteiger partial charge in [-0.05, 0) is 12.8 Å². The highest BCUT2D eigenvalue weighted by Gasteiger charge is 2.41. The molecule has 0 aromatic heterocycles. The van der Waals surface area contributed by atoms with E-state index < -0.39 is 19.0 Å². The molecule has 3 nitrogen and oxygen atoms in total. The zero-order valence-electron chi connectivity index (χ0n) is 7.93. The normalized spacial score (nSPS) is 18.6. The molecule has 1 fully saturated rings. The fraction of sp³-hybridized carbons (Fsp3) is 0.875. The molecule has 0 amide bonds. The van der Waals surface area contributed by atoms with Crippen LogP contribution in [0.3, 0.4) is 0 Å². The Balaban J connectivity index is 2.20. The van der Waals surface area contributed by atoms with Gasteiger partial charge in [0.25, 0.3) is 0 Å². The third-order valence-electron chi connectivity index (χ3n) is 1.76. The van der Waals surface area contributed by atoms with Crippen molar-refractivity contribution in [2.75, 3.05) is 13.2 Å². The summed E-state index contributed by atoms with van der Waals surface area (Å²) in [4.78, 5) is 3.89. The average molecular weight is 228 g/mol. The lowest BCUT2D eigenvalue weighted by atomic mass is 10.4. The Morgan fingerprint density at radius 1 is 1.47 bits per heavy atom. The highest BCUT2D eigenvalue weighted by atomic mass is 19.3. The Bertz CT molecular complexity index is 241. The highest BCUT2D eigenvalue weighted by molar-refractivity contribution is 5.81. The van der Waals surface area contributed by atoms with Crippen LogP contribution in [0.4, 0.5) is 17.6 Å². The van der Waals surface area contributed by atoms with E-state index in [2.05, 4.69) is 9.73 Å². The number of aliphatic imine (C=N–C) groups is 1. The average Bonchev–Trinajstić information content (AvgIpc) is 2.87. The van der Waals surface area contributed by atoms with Gasteiger partial charge in [0.2, 0.25) is 0 Å². The Kier molecular flexibility index (Phi) is 3.90. The van der Waals surface area contributed by atoms with E-state index in [0.29, 0.717) is 0 Å². The van der Waals surface area contributed by atoms with Gasteiger partial charge in [0.05, 0.1) is 6.04 Å². The monoisotopic (exact) mass is 228 g/mol. The molecule has 0 saturated heterocycles. The van der Waals surface area contributed by atoms with Crippen molar-refractivity contribution < 1.29 is 22.3 Å². The van der Waals surface area contributed by atoms with Gasteiger partial charge in [-0.3, -0.25) is 4.99 Å². The Morgan fingerprint density at radius 3 is 2.53 bits per heavy atom. The molecule has 1 saturated carbocycles. The van der Waals surface area contributed by atoms with Crippen LogP contribution in [0.15, 0.2) is 4.99 Å². The van der Waals surface area contributed by atoms with E-state index in [-0.39, 0.29) is 18.5 Å². The van der Waals surface area contributed by atoms with Crippen LogP contribution in [0.25, 0.3) is 0 Å².